The average Bonchev–Trinajstić information content (AvgIpc) is 3.16. The molecule has 0 saturated carbocycles. The molecule has 28 heavy (non-hydrogen) atoms. The third-order valence-corrected chi connectivity index (χ3v) is 7.07. The highest BCUT2D eigenvalue weighted by Crippen LogP contribution is 2.29. The third-order valence-electron chi connectivity index (χ3n) is 5.06. The quantitative estimate of drug-likeness (QED) is 0.729. The van der Waals surface area contributed by atoms with Crippen molar-refractivity contribution in [3.05, 3.63) is 48.5 Å². The number of carbonyl (C=O) groups excluding carboxylic acids is 1. The molecule has 2 heterocycles. The zero-order valence-electron chi connectivity index (χ0n) is 15.8. The summed E-state index contributed by atoms with van der Waals surface area (Å²) in [5, 5.41) is 6.04. The molecule has 0 spiro atoms. The van der Waals surface area contributed by atoms with Crippen LogP contribution < -0.4 is 10.6 Å². The van der Waals surface area contributed by atoms with Crippen LogP contribution >= 0.6 is 24.8 Å². The van der Waals surface area contributed by atoms with E-state index < -0.39 is 20.5 Å². The van der Waals surface area contributed by atoms with E-state index in [0.717, 1.165) is 17.5 Å². The van der Waals surface area contributed by atoms with Gasteiger partial charge in [-0.05, 0) is 50.6 Å². The normalized spacial score (nSPS) is 16.9. The molecular formula is C18H26Cl2N4O3S. The number of aromatic nitrogens is 2. The van der Waals surface area contributed by atoms with Gasteiger partial charge in [-0.15, -0.1) is 24.8 Å². The van der Waals surface area contributed by atoms with Crippen LogP contribution in [0.25, 0.3) is 5.69 Å². The zero-order valence-corrected chi connectivity index (χ0v) is 18.2. The van der Waals surface area contributed by atoms with Gasteiger partial charge in [-0.3, -0.25) is 4.79 Å². The van der Waals surface area contributed by atoms with Gasteiger partial charge in [0, 0.05) is 24.3 Å². The number of hydrogen-bond donors (Lipinski definition) is 2. The molecule has 1 aromatic heterocycles. The van der Waals surface area contributed by atoms with Crippen LogP contribution in [-0.4, -0.2) is 48.0 Å². The van der Waals surface area contributed by atoms with Crippen LogP contribution in [0.15, 0.2) is 43.0 Å². The Hall–Kier alpha value is -1.61. The van der Waals surface area contributed by atoms with Gasteiger partial charge in [0.25, 0.3) is 0 Å². The van der Waals surface area contributed by atoms with Crippen LogP contribution in [-0.2, 0) is 14.6 Å². The maximum atomic E-state index is 12.9. The lowest BCUT2D eigenvalue weighted by molar-refractivity contribution is -0.125. The minimum atomic E-state index is -3.52. The Bertz CT molecular complexity index is 882. The number of rotatable bonds is 5. The molecule has 1 aliphatic heterocycles. The van der Waals surface area contributed by atoms with E-state index in [1.54, 1.807) is 12.5 Å². The highest BCUT2D eigenvalue weighted by molar-refractivity contribution is 7.92. The Labute approximate surface area is 178 Å². The first-order valence-corrected chi connectivity index (χ1v) is 10.5. The number of nitrogens with zero attached hydrogens (tertiary/aromatic N) is 2. The standard InChI is InChI=1S/C18H24N4O3S.2ClH/c1-14(15-4-3-5-16(12-15)22-11-10-20-13-22)21-17(23)18(26(2,24)25)6-8-19-9-7-18;;/h3-5,10-14,19H,6-9H2,1-2H3,(H,21,23);2*1H. The van der Waals surface area contributed by atoms with E-state index in [4.69, 9.17) is 0 Å². The molecular weight excluding hydrogens is 423 g/mol. The van der Waals surface area contributed by atoms with Crippen LogP contribution in [0, 0.1) is 0 Å². The summed E-state index contributed by atoms with van der Waals surface area (Å²) in [4.78, 5) is 17.0. The van der Waals surface area contributed by atoms with Gasteiger partial charge in [-0.1, -0.05) is 12.1 Å². The Kier molecular flexibility index (Phi) is 8.49. The minimum absolute atomic E-state index is 0. The predicted octanol–water partition coefficient (Wildman–Crippen LogP) is 2.06. The molecule has 2 aromatic rings. The highest BCUT2D eigenvalue weighted by atomic mass is 35.5. The summed E-state index contributed by atoms with van der Waals surface area (Å²) in [5.74, 6) is -0.415. The number of halogens is 2. The van der Waals surface area contributed by atoms with Crippen molar-refractivity contribution in [3.8, 4) is 5.69 Å². The third kappa shape index (κ3) is 4.86. The topological polar surface area (TPSA) is 93.1 Å². The molecule has 1 fully saturated rings. The Morgan fingerprint density at radius 2 is 1.96 bits per heavy atom. The first-order valence-electron chi connectivity index (χ1n) is 8.63. The van der Waals surface area contributed by atoms with E-state index in [1.807, 2.05) is 42.0 Å². The van der Waals surface area contributed by atoms with E-state index in [2.05, 4.69) is 15.6 Å². The maximum Gasteiger partial charge on any atom is 0.242 e. The summed E-state index contributed by atoms with van der Waals surface area (Å²) >= 11 is 0. The lowest BCUT2D eigenvalue weighted by atomic mass is 9.95. The second kappa shape index (κ2) is 9.73. The molecule has 3 rings (SSSR count). The van der Waals surface area contributed by atoms with E-state index in [0.29, 0.717) is 25.9 Å². The van der Waals surface area contributed by atoms with Gasteiger partial charge in [0.2, 0.25) is 5.91 Å². The fourth-order valence-electron chi connectivity index (χ4n) is 3.37. The van der Waals surface area contributed by atoms with Gasteiger partial charge < -0.3 is 15.2 Å². The Balaban J connectivity index is 0.00000196. The molecule has 1 aromatic carbocycles. The summed E-state index contributed by atoms with van der Waals surface area (Å²) < 4.78 is 25.3. The molecule has 0 bridgehead atoms. The van der Waals surface area contributed by atoms with Crippen LogP contribution in [0.5, 0.6) is 0 Å². The molecule has 2 N–H and O–H groups in total. The lowest BCUT2D eigenvalue weighted by Gasteiger charge is -2.35. The van der Waals surface area contributed by atoms with E-state index in [9.17, 15) is 13.2 Å². The number of nitrogens with one attached hydrogen (secondary N) is 2. The zero-order chi connectivity index (χ0) is 18.8. The molecule has 7 nitrogen and oxygen atoms in total. The molecule has 1 aliphatic rings. The molecule has 0 aliphatic carbocycles. The SMILES string of the molecule is CC(NC(=O)C1(S(C)(=O)=O)CCNCC1)c1cccc(-n2ccnc2)c1.Cl.Cl. The summed E-state index contributed by atoms with van der Waals surface area (Å²) in [7, 11) is -3.52. The Morgan fingerprint density at radius 1 is 1.29 bits per heavy atom. The van der Waals surface area contributed by atoms with Crippen molar-refractivity contribution >= 4 is 40.6 Å². The van der Waals surface area contributed by atoms with Gasteiger partial charge in [0.15, 0.2) is 14.6 Å². The second-order valence-electron chi connectivity index (χ2n) is 6.78. The predicted molar refractivity (Wildman–Crippen MR) is 114 cm³/mol. The summed E-state index contributed by atoms with van der Waals surface area (Å²) in [6.45, 7) is 2.90. The molecule has 1 saturated heterocycles. The van der Waals surface area contributed by atoms with Crippen molar-refractivity contribution in [3.63, 3.8) is 0 Å². The molecule has 156 valence electrons. The van der Waals surface area contributed by atoms with Gasteiger partial charge in [0.1, 0.15) is 0 Å². The number of sulfone groups is 1. The number of amides is 1. The monoisotopic (exact) mass is 448 g/mol. The van der Waals surface area contributed by atoms with Gasteiger partial charge in [0.05, 0.1) is 12.4 Å². The van der Waals surface area contributed by atoms with Crippen molar-refractivity contribution in [2.45, 2.75) is 30.6 Å². The van der Waals surface area contributed by atoms with Crippen LogP contribution in [0.2, 0.25) is 0 Å². The first kappa shape index (κ1) is 24.4. The van der Waals surface area contributed by atoms with Gasteiger partial charge in [-0.2, -0.15) is 0 Å². The largest absolute Gasteiger partial charge is 0.348 e. The van der Waals surface area contributed by atoms with Gasteiger partial charge >= 0.3 is 0 Å². The molecule has 1 unspecified atom stereocenters. The first-order chi connectivity index (χ1) is 12.3. The van der Waals surface area contributed by atoms with Crippen molar-refractivity contribution in [2.24, 2.45) is 0 Å². The molecule has 0 radical (unpaired) electrons. The number of benzene rings is 1. The fraction of sp³-hybridized carbons (Fsp3) is 0.444. The Morgan fingerprint density at radius 3 is 2.54 bits per heavy atom. The van der Waals surface area contributed by atoms with Crippen molar-refractivity contribution in [1.82, 2.24) is 20.2 Å². The highest BCUT2D eigenvalue weighted by Gasteiger charge is 2.48. The molecule has 10 heteroatoms. The van der Waals surface area contributed by atoms with Crippen LogP contribution in [0.4, 0.5) is 0 Å². The second-order valence-corrected chi connectivity index (χ2v) is 9.10. The smallest absolute Gasteiger partial charge is 0.242 e. The van der Waals surface area contributed by atoms with E-state index in [1.165, 1.54) is 0 Å². The molecule has 1 atom stereocenters. The maximum absolute atomic E-state index is 12.9. The summed E-state index contributed by atoms with van der Waals surface area (Å²) in [6.07, 6.45) is 6.98. The summed E-state index contributed by atoms with van der Waals surface area (Å²) in [5.41, 5.74) is 1.84. The van der Waals surface area contributed by atoms with E-state index in [-0.39, 0.29) is 30.9 Å². The number of carbonyl (C=O) groups is 1. The van der Waals surface area contributed by atoms with Crippen molar-refractivity contribution < 1.29 is 13.2 Å². The number of hydrogen-bond acceptors (Lipinski definition) is 5. The summed E-state index contributed by atoms with van der Waals surface area (Å²) in [6, 6.07) is 7.43. The molecule has 1 amide bonds. The average molecular weight is 449 g/mol. The van der Waals surface area contributed by atoms with E-state index >= 15 is 0 Å². The van der Waals surface area contributed by atoms with Gasteiger partial charge in [-0.25, -0.2) is 13.4 Å². The minimum Gasteiger partial charge on any atom is -0.348 e. The number of imidazole rings is 1. The van der Waals surface area contributed by atoms with Crippen molar-refractivity contribution in [2.75, 3.05) is 19.3 Å². The number of piperidine rings is 1. The van der Waals surface area contributed by atoms with Crippen LogP contribution in [0.1, 0.15) is 31.4 Å². The fourth-order valence-corrected chi connectivity index (χ4v) is 4.72. The lowest BCUT2D eigenvalue weighted by Crippen LogP contribution is -2.57. The van der Waals surface area contributed by atoms with Crippen LogP contribution in [0.3, 0.4) is 0 Å². The van der Waals surface area contributed by atoms with Crippen molar-refractivity contribution in [1.29, 1.82) is 0 Å².